The number of rotatable bonds is 5. The number of halogens is 3. The van der Waals surface area contributed by atoms with E-state index in [9.17, 15) is 23.1 Å². The van der Waals surface area contributed by atoms with Crippen LogP contribution < -0.4 is 5.32 Å². The van der Waals surface area contributed by atoms with Gasteiger partial charge in [-0.25, -0.2) is 0 Å². The second-order valence-electron chi connectivity index (χ2n) is 5.05. The summed E-state index contributed by atoms with van der Waals surface area (Å²) < 4.78 is 36.8. The van der Waals surface area contributed by atoms with Gasteiger partial charge in [0, 0.05) is 6.54 Å². The first-order chi connectivity index (χ1) is 8.79. The summed E-state index contributed by atoms with van der Waals surface area (Å²) in [6.07, 6.45) is -2.40. The zero-order valence-electron chi connectivity index (χ0n) is 11.1. The van der Waals surface area contributed by atoms with Crippen LogP contribution in [0.3, 0.4) is 0 Å². The number of nitrogens with zero attached hydrogens (tertiary/aromatic N) is 1. The van der Waals surface area contributed by atoms with Gasteiger partial charge in [-0.15, -0.1) is 0 Å². The first-order valence-electron chi connectivity index (χ1n) is 6.56. The van der Waals surface area contributed by atoms with E-state index in [1.54, 1.807) is 0 Å². The Morgan fingerprint density at radius 3 is 2.58 bits per heavy atom. The number of nitrogens with one attached hydrogen (secondary N) is 1. The Bertz CT molecular complexity index is 310. The van der Waals surface area contributed by atoms with E-state index in [4.69, 9.17) is 0 Å². The topological polar surface area (TPSA) is 52.6 Å². The van der Waals surface area contributed by atoms with Gasteiger partial charge in [0.25, 0.3) is 0 Å². The van der Waals surface area contributed by atoms with Gasteiger partial charge in [-0.1, -0.05) is 6.92 Å². The number of aliphatic carboxylic acids is 1. The highest BCUT2D eigenvalue weighted by atomic mass is 19.4. The molecule has 19 heavy (non-hydrogen) atoms. The van der Waals surface area contributed by atoms with Crippen molar-refractivity contribution >= 4 is 5.97 Å². The molecule has 0 aromatic carbocycles. The lowest BCUT2D eigenvalue weighted by atomic mass is 9.90. The molecule has 1 fully saturated rings. The fraction of sp³-hybridized carbons (Fsp3) is 0.917. The zero-order valence-corrected chi connectivity index (χ0v) is 11.1. The predicted molar refractivity (Wildman–Crippen MR) is 65.0 cm³/mol. The second-order valence-corrected chi connectivity index (χ2v) is 5.05. The van der Waals surface area contributed by atoms with Gasteiger partial charge >= 0.3 is 12.1 Å². The van der Waals surface area contributed by atoms with E-state index < -0.39 is 24.2 Å². The van der Waals surface area contributed by atoms with Crippen LogP contribution >= 0.6 is 0 Å². The van der Waals surface area contributed by atoms with E-state index in [2.05, 4.69) is 10.2 Å². The van der Waals surface area contributed by atoms with Crippen LogP contribution in [-0.4, -0.2) is 53.9 Å². The SMILES string of the molecule is CCCN1CCCC(NCC(F)(F)F)(C(=O)O)CC1. The Morgan fingerprint density at radius 1 is 1.37 bits per heavy atom. The van der Waals surface area contributed by atoms with Crippen molar-refractivity contribution in [3.63, 3.8) is 0 Å². The molecule has 7 heteroatoms. The standard InChI is InChI=1S/C12H21F3N2O2/c1-2-6-17-7-3-4-11(5-8-17,10(18)19)16-9-12(13,14)15/h16H,2-9H2,1H3,(H,18,19). The van der Waals surface area contributed by atoms with Gasteiger partial charge in [0.2, 0.25) is 0 Å². The van der Waals surface area contributed by atoms with Crippen molar-refractivity contribution in [2.45, 2.75) is 44.3 Å². The number of hydrogen-bond donors (Lipinski definition) is 2. The molecule has 0 aromatic heterocycles. The quantitative estimate of drug-likeness (QED) is 0.808. The largest absolute Gasteiger partial charge is 0.480 e. The molecule has 1 atom stereocenters. The van der Waals surface area contributed by atoms with Gasteiger partial charge in [0.1, 0.15) is 5.54 Å². The van der Waals surface area contributed by atoms with Crippen LogP contribution in [0.5, 0.6) is 0 Å². The molecule has 0 aromatic rings. The molecule has 112 valence electrons. The van der Waals surface area contributed by atoms with Crippen LogP contribution in [0.25, 0.3) is 0 Å². The van der Waals surface area contributed by atoms with E-state index in [-0.39, 0.29) is 12.8 Å². The van der Waals surface area contributed by atoms with Crippen LogP contribution in [0.1, 0.15) is 32.6 Å². The fourth-order valence-electron chi connectivity index (χ4n) is 2.47. The monoisotopic (exact) mass is 282 g/mol. The molecular formula is C12H21F3N2O2. The maximum atomic E-state index is 12.3. The Balaban J connectivity index is 2.69. The Hall–Kier alpha value is -0.820. The normalized spacial score (nSPS) is 26.1. The summed E-state index contributed by atoms with van der Waals surface area (Å²) in [6, 6.07) is 0. The van der Waals surface area contributed by atoms with Crippen molar-refractivity contribution in [2.75, 3.05) is 26.2 Å². The average Bonchev–Trinajstić information content (AvgIpc) is 2.50. The van der Waals surface area contributed by atoms with Crippen LogP contribution in [0.2, 0.25) is 0 Å². The molecular weight excluding hydrogens is 261 g/mol. The molecule has 1 heterocycles. The lowest BCUT2D eigenvalue weighted by molar-refractivity contribution is -0.151. The van der Waals surface area contributed by atoms with E-state index >= 15 is 0 Å². The minimum absolute atomic E-state index is 0.207. The van der Waals surface area contributed by atoms with Gasteiger partial charge < -0.3 is 10.0 Å². The van der Waals surface area contributed by atoms with Gasteiger partial charge in [-0.3, -0.25) is 10.1 Å². The van der Waals surface area contributed by atoms with Crippen LogP contribution in [-0.2, 0) is 4.79 Å². The summed E-state index contributed by atoms with van der Waals surface area (Å²) in [5.41, 5.74) is -1.45. The number of hydrogen-bond acceptors (Lipinski definition) is 3. The maximum Gasteiger partial charge on any atom is 0.401 e. The molecule has 0 saturated carbocycles. The molecule has 1 rings (SSSR count). The van der Waals surface area contributed by atoms with E-state index in [1.807, 2.05) is 6.92 Å². The molecule has 0 radical (unpaired) electrons. The van der Waals surface area contributed by atoms with Crippen LogP contribution in [0, 0.1) is 0 Å². The molecule has 1 saturated heterocycles. The van der Waals surface area contributed by atoms with Crippen molar-refractivity contribution in [3.05, 3.63) is 0 Å². The second kappa shape index (κ2) is 6.56. The third-order valence-electron chi connectivity index (χ3n) is 3.51. The molecule has 0 aliphatic carbocycles. The number of alkyl halides is 3. The highest BCUT2D eigenvalue weighted by Crippen LogP contribution is 2.25. The summed E-state index contributed by atoms with van der Waals surface area (Å²) in [5, 5.41) is 11.5. The number of carboxylic acid groups (broad SMARTS) is 1. The molecule has 1 unspecified atom stereocenters. The lowest BCUT2D eigenvalue weighted by Gasteiger charge is -2.30. The van der Waals surface area contributed by atoms with Crippen molar-refractivity contribution in [3.8, 4) is 0 Å². The van der Waals surface area contributed by atoms with Gasteiger partial charge in [0.05, 0.1) is 6.54 Å². The molecule has 1 aliphatic rings. The average molecular weight is 282 g/mol. The summed E-state index contributed by atoms with van der Waals surface area (Å²) >= 11 is 0. The first kappa shape index (κ1) is 16.2. The predicted octanol–water partition coefficient (Wildman–Crippen LogP) is 1.86. The maximum absolute atomic E-state index is 12.3. The van der Waals surface area contributed by atoms with Gasteiger partial charge in [0.15, 0.2) is 0 Å². The molecule has 1 aliphatic heterocycles. The number of carboxylic acids is 1. The van der Waals surface area contributed by atoms with Crippen LogP contribution in [0.4, 0.5) is 13.2 Å². The van der Waals surface area contributed by atoms with E-state index in [0.29, 0.717) is 13.0 Å². The van der Waals surface area contributed by atoms with Crippen molar-refractivity contribution in [2.24, 2.45) is 0 Å². The fourth-order valence-corrected chi connectivity index (χ4v) is 2.47. The number of likely N-dealkylation sites (tertiary alicyclic amines) is 1. The van der Waals surface area contributed by atoms with Crippen molar-refractivity contribution in [1.82, 2.24) is 10.2 Å². The lowest BCUT2D eigenvalue weighted by Crippen LogP contribution is -2.55. The highest BCUT2D eigenvalue weighted by molar-refractivity contribution is 5.78. The van der Waals surface area contributed by atoms with E-state index in [1.165, 1.54) is 0 Å². The van der Waals surface area contributed by atoms with Crippen LogP contribution in [0.15, 0.2) is 0 Å². The Morgan fingerprint density at radius 2 is 2.05 bits per heavy atom. The highest BCUT2D eigenvalue weighted by Gasteiger charge is 2.42. The third-order valence-corrected chi connectivity index (χ3v) is 3.51. The minimum atomic E-state index is -4.39. The molecule has 0 bridgehead atoms. The molecule has 2 N–H and O–H groups in total. The van der Waals surface area contributed by atoms with Gasteiger partial charge in [-0.05, 0) is 38.8 Å². The third kappa shape index (κ3) is 4.99. The Labute approximate surface area is 111 Å². The van der Waals surface area contributed by atoms with Crippen molar-refractivity contribution in [1.29, 1.82) is 0 Å². The summed E-state index contributed by atoms with van der Waals surface area (Å²) in [6.45, 7) is 2.89. The van der Waals surface area contributed by atoms with Crippen molar-refractivity contribution < 1.29 is 23.1 Å². The summed E-state index contributed by atoms with van der Waals surface area (Å²) in [4.78, 5) is 13.5. The van der Waals surface area contributed by atoms with E-state index in [0.717, 1.165) is 19.5 Å². The number of carbonyl (C=O) groups is 1. The molecule has 0 amide bonds. The van der Waals surface area contributed by atoms with Gasteiger partial charge in [-0.2, -0.15) is 13.2 Å². The summed E-state index contributed by atoms with van der Waals surface area (Å²) in [7, 11) is 0. The summed E-state index contributed by atoms with van der Waals surface area (Å²) in [5.74, 6) is -1.19. The smallest absolute Gasteiger partial charge is 0.401 e. The molecule has 0 spiro atoms. The zero-order chi connectivity index (χ0) is 14.5. The first-order valence-corrected chi connectivity index (χ1v) is 6.56. The molecule has 4 nitrogen and oxygen atoms in total. The Kier molecular flexibility index (Phi) is 5.61. The minimum Gasteiger partial charge on any atom is -0.480 e.